The molecule has 3 nitrogen and oxygen atoms in total. The molecule has 0 radical (unpaired) electrons. The number of nitrogens with zero attached hydrogens (tertiary/aromatic N) is 1. The Balaban J connectivity index is 1.52. The molecule has 2 aliphatic carbocycles. The number of amides is 1. The number of fused-ring (bicyclic) bond motifs is 1. The summed E-state index contributed by atoms with van der Waals surface area (Å²) >= 11 is 0. The van der Waals surface area contributed by atoms with Crippen LogP contribution in [-0.2, 0) is 4.79 Å². The highest BCUT2D eigenvalue weighted by atomic mass is 16.2. The Bertz CT molecular complexity index is 347. The summed E-state index contributed by atoms with van der Waals surface area (Å²) in [6.07, 6.45) is 13.6. The second-order valence-electron chi connectivity index (χ2n) is 7.67. The third-order valence-corrected chi connectivity index (χ3v) is 6.33. The average Bonchev–Trinajstić information content (AvgIpc) is 2.55. The van der Waals surface area contributed by atoms with Crippen LogP contribution in [0.3, 0.4) is 0 Å². The van der Waals surface area contributed by atoms with Gasteiger partial charge in [0, 0.05) is 19.0 Å². The van der Waals surface area contributed by atoms with Gasteiger partial charge in [0.1, 0.15) is 0 Å². The molecule has 2 atom stereocenters. The molecule has 120 valence electrons. The molecule has 2 unspecified atom stereocenters. The predicted molar refractivity (Wildman–Crippen MR) is 85.8 cm³/mol. The minimum Gasteiger partial charge on any atom is -0.339 e. The van der Waals surface area contributed by atoms with Crippen molar-refractivity contribution < 1.29 is 4.79 Å². The van der Waals surface area contributed by atoms with E-state index in [0.717, 1.165) is 25.4 Å². The number of carbonyl (C=O) groups is 1. The number of likely N-dealkylation sites (tertiary alicyclic amines) is 1. The molecule has 21 heavy (non-hydrogen) atoms. The van der Waals surface area contributed by atoms with Gasteiger partial charge in [0.15, 0.2) is 0 Å². The lowest BCUT2D eigenvalue weighted by Gasteiger charge is -2.44. The molecule has 1 heterocycles. The number of hydrogen-bond donors (Lipinski definition) is 1. The molecule has 1 saturated heterocycles. The SMILES string of the molecule is NCC1CCC(CC(=O)N2CCCC3CCCCC32)CC1. The van der Waals surface area contributed by atoms with Crippen molar-refractivity contribution >= 4 is 5.91 Å². The highest BCUT2D eigenvalue weighted by molar-refractivity contribution is 5.77. The van der Waals surface area contributed by atoms with Gasteiger partial charge in [0.2, 0.25) is 5.91 Å². The van der Waals surface area contributed by atoms with Gasteiger partial charge in [-0.2, -0.15) is 0 Å². The van der Waals surface area contributed by atoms with E-state index < -0.39 is 0 Å². The van der Waals surface area contributed by atoms with E-state index in [1.807, 2.05) is 0 Å². The van der Waals surface area contributed by atoms with Crippen LogP contribution in [0.25, 0.3) is 0 Å². The molecular formula is C18H32N2O. The van der Waals surface area contributed by atoms with E-state index >= 15 is 0 Å². The maximum atomic E-state index is 12.8. The van der Waals surface area contributed by atoms with Crippen molar-refractivity contribution in [2.24, 2.45) is 23.5 Å². The van der Waals surface area contributed by atoms with Crippen LogP contribution in [0.1, 0.15) is 70.6 Å². The fourth-order valence-electron chi connectivity index (χ4n) is 4.97. The highest BCUT2D eigenvalue weighted by Crippen LogP contribution is 2.37. The molecule has 0 aromatic rings. The monoisotopic (exact) mass is 292 g/mol. The van der Waals surface area contributed by atoms with Gasteiger partial charge in [-0.3, -0.25) is 4.79 Å². The fourth-order valence-corrected chi connectivity index (χ4v) is 4.97. The molecule has 0 aromatic heterocycles. The maximum absolute atomic E-state index is 12.8. The first-order valence-electron chi connectivity index (χ1n) is 9.27. The maximum Gasteiger partial charge on any atom is 0.223 e. The summed E-state index contributed by atoms with van der Waals surface area (Å²) in [5, 5.41) is 0. The Labute approximate surface area is 129 Å². The van der Waals surface area contributed by atoms with Crippen molar-refractivity contribution in [3.8, 4) is 0 Å². The smallest absolute Gasteiger partial charge is 0.223 e. The summed E-state index contributed by atoms with van der Waals surface area (Å²) in [6, 6.07) is 0.584. The van der Waals surface area contributed by atoms with E-state index in [9.17, 15) is 4.79 Å². The third kappa shape index (κ3) is 3.61. The normalized spacial score (nSPS) is 37.1. The van der Waals surface area contributed by atoms with Crippen molar-refractivity contribution in [3.63, 3.8) is 0 Å². The Morgan fingerprint density at radius 1 is 0.905 bits per heavy atom. The topological polar surface area (TPSA) is 46.3 Å². The summed E-state index contributed by atoms with van der Waals surface area (Å²) in [4.78, 5) is 15.1. The molecule has 2 saturated carbocycles. The molecular weight excluding hydrogens is 260 g/mol. The summed E-state index contributed by atoms with van der Waals surface area (Å²) in [7, 11) is 0. The molecule has 1 amide bonds. The number of rotatable bonds is 3. The standard InChI is InChI=1S/C18H32N2O/c19-13-15-9-7-14(8-10-15)12-18(21)20-11-3-5-16-4-1-2-6-17(16)20/h14-17H,1-13,19H2. The van der Waals surface area contributed by atoms with E-state index in [0.29, 0.717) is 23.8 Å². The first kappa shape index (κ1) is 15.3. The van der Waals surface area contributed by atoms with Crippen molar-refractivity contribution in [1.82, 2.24) is 4.90 Å². The number of nitrogens with two attached hydrogens (primary N) is 1. The zero-order chi connectivity index (χ0) is 14.7. The van der Waals surface area contributed by atoms with Crippen molar-refractivity contribution in [2.75, 3.05) is 13.1 Å². The Hall–Kier alpha value is -0.570. The first-order chi connectivity index (χ1) is 10.3. The average molecular weight is 292 g/mol. The van der Waals surface area contributed by atoms with E-state index in [1.54, 1.807) is 0 Å². The predicted octanol–water partition coefficient (Wildman–Crippen LogP) is 3.32. The van der Waals surface area contributed by atoms with Crippen molar-refractivity contribution in [1.29, 1.82) is 0 Å². The van der Waals surface area contributed by atoms with E-state index in [1.165, 1.54) is 64.2 Å². The first-order valence-corrected chi connectivity index (χ1v) is 9.27. The molecule has 0 bridgehead atoms. The van der Waals surface area contributed by atoms with Gasteiger partial charge >= 0.3 is 0 Å². The molecule has 3 rings (SSSR count). The van der Waals surface area contributed by atoms with Gasteiger partial charge in [-0.15, -0.1) is 0 Å². The lowest BCUT2D eigenvalue weighted by atomic mass is 9.77. The zero-order valence-corrected chi connectivity index (χ0v) is 13.4. The second kappa shape index (κ2) is 7.13. The largest absolute Gasteiger partial charge is 0.339 e. The zero-order valence-electron chi connectivity index (χ0n) is 13.4. The quantitative estimate of drug-likeness (QED) is 0.867. The Kier molecular flexibility index (Phi) is 5.20. The fraction of sp³-hybridized carbons (Fsp3) is 0.944. The second-order valence-corrected chi connectivity index (χ2v) is 7.67. The summed E-state index contributed by atoms with van der Waals surface area (Å²) in [5.74, 6) is 2.62. The summed E-state index contributed by atoms with van der Waals surface area (Å²) in [6.45, 7) is 1.86. The Morgan fingerprint density at radius 2 is 1.57 bits per heavy atom. The number of hydrogen-bond acceptors (Lipinski definition) is 2. The Morgan fingerprint density at radius 3 is 2.33 bits per heavy atom. The third-order valence-electron chi connectivity index (χ3n) is 6.33. The van der Waals surface area contributed by atoms with Crippen molar-refractivity contribution in [3.05, 3.63) is 0 Å². The summed E-state index contributed by atoms with van der Waals surface area (Å²) < 4.78 is 0. The van der Waals surface area contributed by atoms with Gasteiger partial charge in [-0.25, -0.2) is 0 Å². The van der Waals surface area contributed by atoms with E-state index in [4.69, 9.17) is 5.73 Å². The van der Waals surface area contributed by atoms with Crippen molar-refractivity contribution in [2.45, 2.75) is 76.7 Å². The van der Waals surface area contributed by atoms with Crippen LogP contribution in [0.4, 0.5) is 0 Å². The van der Waals surface area contributed by atoms with Gasteiger partial charge in [0.05, 0.1) is 0 Å². The van der Waals surface area contributed by atoms with Crippen LogP contribution in [0, 0.1) is 17.8 Å². The molecule has 1 aliphatic heterocycles. The lowest BCUT2D eigenvalue weighted by molar-refractivity contribution is -0.138. The van der Waals surface area contributed by atoms with Crippen LogP contribution in [0.2, 0.25) is 0 Å². The summed E-state index contributed by atoms with van der Waals surface area (Å²) in [5.41, 5.74) is 5.76. The van der Waals surface area contributed by atoms with E-state index in [-0.39, 0.29) is 0 Å². The van der Waals surface area contributed by atoms with Crippen LogP contribution in [0.5, 0.6) is 0 Å². The minimum absolute atomic E-state index is 0.461. The van der Waals surface area contributed by atoms with Crippen LogP contribution < -0.4 is 5.73 Å². The highest BCUT2D eigenvalue weighted by Gasteiger charge is 2.36. The molecule has 3 fully saturated rings. The molecule has 3 aliphatic rings. The van der Waals surface area contributed by atoms with Crippen LogP contribution >= 0.6 is 0 Å². The minimum atomic E-state index is 0.461. The number of carbonyl (C=O) groups excluding carboxylic acids is 1. The molecule has 0 spiro atoms. The van der Waals surface area contributed by atoms with Crippen LogP contribution in [0.15, 0.2) is 0 Å². The van der Waals surface area contributed by atoms with Gasteiger partial charge in [-0.05, 0) is 75.7 Å². The van der Waals surface area contributed by atoms with Gasteiger partial charge < -0.3 is 10.6 Å². The lowest BCUT2D eigenvalue weighted by Crippen LogP contribution is -2.50. The van der Waals surface area contributed by atoms with Gasteiger partial charge in [-0.1, -0.05) is 12.8 Å². The van der Waals surface area contributed by atoms with E-state index in [2.05, 4.69) is 4.90 Å². The van der Waals surface area contributed by atoms with Crippen LogP contribution in [-0.4, -0.2) is 29.9 Å². The van der Waals surface area contributed by atoms with Gasteiger partial charge in [0.25, 0.3) is 0 Å². The number of piperidine rings is 1. The molecule has 0 aromatic carbocycles. The molecule has 2 N–H and O–H groups in total. The molecule has 3 heteroatoms.